The Morgan fingerprint density at radius 2 is 1.50 bits per heavy atom. The van der Waals surface area contributed by atoms with Crippen molar-refractivity contribution in [1.82, 2.24) is 19.5 Å². The first-order valence-electron chi connectivity index (χ1n) is 20.4. The minimum absolute atomic E-state index is 0. The van der Waals surface area contributed by atoms with Crippen LogP contribution in [-0.2, 0) is 26.5 Å². The normalized spacial score (nSPS) is 12.6. The van der Waals surface area contributed by atoms with Gasteiger partial charge in [-0.1, -0.05) is 69.0 Å². The third-order valence-electron chi connectivity index (χ3n) is 9.93. The second-order valence-corrected chi connectivity index (χ2v) is 26.9. The van der Waals surface area contributed by atoms with Gasteiger partial charge >= 0.3 is 128 Å². The van der Waals surface area contributed by atoms with E-state index < -0.39 is 19.6 Å². The summed E-state index contributed by atoms with van der Waals surface area (Å²) in [6.45, 7) is 14.9. The fraction of sp³-hybridized carbons (Fsp3) is 0.286. The second-order valence-electron chi connectivity index (χ2n) is 16.3. The maximum atomic E-state index is 8.56. The maximum Gasteiger partial charge on any atom is 0 e. The number of para-hydroxylation sites is 3. The van der Waals surface area contributed by atoms with Gasteiger partial charge in [0.25, 0.3) is 0 Å². The van der Waals surface area contributed by atoms with E-state index in [9.17, 15) is 0 Å². The third kappa shape index (κ3) is 8.34. The van der Waals surface area contributed by atoms with E-state index in [0.717, 1.165) is 65.7 Å². The Bertz CT molecular complexity index is 2690. The SMILES string of the molecule is Cc1ccc2c(n1)oc1c(-c3nc4ccccc4n3-c3c(C(C)C)cccc3C(C)C)[c-]ccc12.[2H]C([2H])(c1cc(-c2[c-]cccc2)nc[c]1[Ge]([CH3])([CH3])[CH3])C(C)C.[Ir]. The van der Waals surface area contributed by atoms with Crippen molar-refractivity contribution in [2.24, 2.45) is 5.92 Å². The number of aryl methyl sites for hydroxylation is 1. The largest absolute Gasteiger partial charge is 0 e. The average molecular weight is 980 g/mol. The zero-order valence-electron chi connectivity index (χ0n) is 36.1. The number of rotatable bonds is 8. The molecular formula is C49H52GeIrN4O-2. The number of hydrogen-bond donors (Lipinski definition) is 0. The van der Waals surface area contributed by atoms with Crippen LogP contribution in [0.3, 0.4) is 0 Å². The average Bonchev–Trinajstić information content (AvgIpc) is 3.75. The molecule has 4 aromatic heterocycles. The van der Waals surface area contributed by atoms with Gasteiger partial charge in [0.15, 0.2) is 0 Å². The Hall–Kier alpha value is -4.36. The Kier molecular flexibility index (Phi) is 11.7. The molecule has 4 heterocycles. The van der Waals surface area contributed by atoms with Crippen LogP contribution < -0.4 is 4.40 Å². The van der Waals surface area contributed by atoms with Crippen molar-refractivity contribution in [2.45, 2.75) is 83.9 Å². The molecule has 8 aromatic rings. The summed E-state index contributed by atoms with van der Waals surface area (Å²) < 4.78 is 27.0. The number of pyridine rings is 2. The van der Waals surface area contributed by atoms with E-state index in [4.69, 9.17) is 12.1 Å². The first-order chi connectivity index (χ1) is 27.1. The molecule has 0 saturated heterocycles. The van der Waals surface area contributed by atoms with Gasteiger partial charge in [0.1, 0.15) is 0 Å². The Balaban J connectivity index is 0.000000214. The zero-order chi connectivity index (χ0) is 40.8. The molecule has 56 heavy (non-hydrogen) atoms. The summed E-state index contributed by atoms with van der Waals surface area (Å²) in [5.41, 5.74) is 11.6. The summed E-state index contributed by atoms with van der Waals surface area (Å²) in [7, 11) is 0. The van der Waals surface area contributed by atoms with Crippen molar-refractivity contribution in [3.63, 3.8) is 0 Å². The second kappa shape index (κ2) is 17.0. The molecule has 5 nitrogen and oxygen atoms in total. The maximum absolute atomic E-state index is 8.56. The Morgan fingerprint density at radius 3 is 2.16 bits per heavy atom. The van der Waals surface area contributed by atoms with Gasteiger partial charge in [0.2, 0.25) is 5.71 Å². The number of benzene rings is 4. The van der Waals surface area contributed by atoms with Crippen molar-refractivity contribution in [3.8, 4) is 28.3 Å². The molecule has 0 aliphatic heterocycles. The summed E-state index contributed by atoms with van der Waals surface area (Å²) in [5.74, 6) is 8.32. The fourth-order valence-electron chi connectivity index (χ4n) is 7.25. The van der Waals surface area contributed by atoms with E-state index in [1.807, 2.05) is 75.5 Å². The van der Waals surface area contributed by atoms with Crippen LogP contribution in [0.4, 0.5) is 0 Å². The quantitative estimate of drug-likeness (QED) is 0.112. The number of fused-ring (bicyclic) bond motifs is 4. The van der Waals surface area contributed by atoms with Crippen LogP contribution >= 0.6 is 0 Å². The van der Waals surface area contributed by atoms with Gasteiger partial charge in [-0.15, -0.1) is 18.2 Å². The molecule has 4 aromatic carbocycles. The van der Waals surface area contributed by atoms with Crippen LogP contribution in [0.2, 0.25) is 17.3 Å². The summed E-state index contributed by atoms with van der Waals surface area (Å²) in [4.78, 5) is 14.4. The van der Waals surface area contributed by atoms with Crippen LogP contribution in [0.25, 0.3) is 61.4 Å². The van der Waals surface area contributed by atoms with Crippen LogP contribution in [0.5, 0.6) is 0 Å². The predicted octanol–water partition coefficient (Wildman–Crippen LogP) is 12.6. The topological polar surface area (TPSA) is 56.7 Å². The molecule has 0 N–H and O–H groups in total. The van der Waals surface area contributed by atoms with Crippen molar-refractivity contribution >= 4 is 50.8 Å². The van der Waals surface area contributed by atoms with Gasteiger partial charge in [-0.05, 0) is 54.2 Å². The van der Waals surface area contributed by atoms with Gasteiger partial charge in [-0.3, -0.25) is 4.98 Å². The summed E-state index contributed by atoms with van der Waals surface area (Å²) >= 11 is -2.20. The van der Waals surface area contributed by atoms with Crippen LogP contribution in [-0.4, -0.2) is 32.8 Å². The van der Waals surface area contributed by atoms with E-state index in [1.165, 1.54) is 16.8 Å². The summed E-state index contributed by atoms with van der Waals surface area (Å²) in [6, 6.07) is 39.4. The molecule has 289 valence electrons. The van der Waals surface area contributed by atoms with Crippen molar-refractivity contribution in [1.29, 1.82) is 0 Å². The molecule has 0 bridgehead atoms. The van der Waals surface area contributed by atoms with Crippen molar-refractivity contribution in [2.75, 3.05) is 0 Å². The number of aromatic nitrogens is 4. The fourth-order valence-corrected chi connectivity index (χ4v) is 10.2. The van der Waals surface area contributed by atoms with Crippen LogP contribution in [0.15, 0.2) is 108 Å². The molecule has 0 atom stereocenters. The molecule has 0 amide bonds. The number of furan rings is 1. The summed E-state index contributed by atoms with van der Waals surface area (Å²) in [6.07, 6.45) is 0.562. The van der Waals surface area contributed by atoms with Gasteiger partial charge in [0.05, 0.1) is 22.4 Å². The van der Waals surface area contributed by atoms with E-state index in [1.54, 1.807) is 0 Å². The van der Waals surface area contributed by atoms with Gasteiger partial charge in [0, 0.05) is 36.9 Å². The summed E-state index contributed by atoms with van der Waals surface area (Å²) in [5, 5.41) is 2.04. The molecule has 0 aliphatic carbocycles. The minimum atomic E-state index is -2.20. The number of hydrogen-bond acceptors (Lipinski definition) is 4. The standard InChI is InChI=1S/C31H28N3O.C18H24GeN.Ir/c1-18(2)21-10-8-11-22(19(3)4)28(21)34-27-15-7-6-14-26(27)33-30(34)25-13-9-12-23-24-17-16-20(5)32-31(24)35-29(23)25;1-14(2)11-16-12-18(15-9-7-6-8-10-15)20-13-17(16)19(3,4)5;/h6-12,14-19H,1-5H3;6-9,12-14H,11H2,1-5H3;/q2*-1;/i;11D2;. The van der Waals surface area contributed by atoms with E-state index in [2.05, 4.69) is 120 Å². The molecule has 0 aliphatic rings. The number of nitrogens with zero attached hydrogens (tertiary/aromatic N) is 4. The smallest absolute Gasteiger partial charge is 0 e. The molecule has 0 fully saturated rings. The van der Waals surface area contributed by atoms with Gasteiger partial charge in [-0.25, -0.2) is 4.98 Å². The molecule has 1 radical (unpaired) electrons. The monoisotopic (exact) mass is 981 g/mol. The van der Waals surface area contributed by atoms with E-state index >= 15 is 0 Å². The molecular weight excluding hydrogens is 925 g/mol. The van der Waals surface area contributed by atoms with Gasteiger partial charge in [-0.2, -0.15) is 0 Å². The first-order valence-corrected chi connectivity index (χ1v) is 26.7. The van der Waals surface area contributed by atoms with E-state index in [0.29, 0.717) is 17.5 Å². The molecule has 0 spiro atoms. The van der Waals surface area contributed by atoms with Crippen LogP contribution in [0, 0.1) is 25.0 Å². The van der Waals surface area contributed by atoms with E-state index in [-0.39, 0.29) is 26.0 Å². The predicted molar refractivity (Wildman–Crippen MR) is 233 cm³/mol. The molecule has 0 unspecified atom stereocenters. The first kappa shape index (κ1) is 38.5. The molecule has 7 heteroatoms. The number of imidazole rings is 1. The Morgan fingerprint density at radius 1 is 0.786 bits per heavy atom. The van der Waals surface area contributed by atoms with Gasteiger partial charge < -0.3 is 8.98 Å². The van der Waals surface area contributed by atoms with Crippen LogP contribution in [0.1, 0.15) is 78.5 Å². The van der Waals surface area contributed by atoms with Crippen molar-refractivity contribution in [3.05, 3.63) is 138 Å². The third-order valence-corrected chi connectivity index (χ3v) is 14.2. The minimum Gasteiger partial charge on any atom is 0 e. The Labute approximate surface area is 351 Å². The zero-order valence-corrected chi connectivity index (χ0v) is 38.6. The molecule has 0 saturated carbocycles. The molecule has 8 rings (SSSR count). The van der Waals surface area contributed by atoms with Crippen molar-refractivity contribution < 1.29 is 27.3 Å².